The summed E-state index contributed by atoms with van der Waals surface area (Å²) in [6.45, 7) is 7.62. The van der Waals surface area contributed by atoms with Crippen LogP contribution in [0.25, 0.3) is 0 Å². The molecule has 1 N–H and O–H groups in total. The Morgan fingerprint density at radius 1 is 1.00 bits per heavy atom. The van der Waals surface area contributed by atoms with Gasteiger partial charge in [0.2, 0.25) is 0 Å². The van der Waals surface area contributed by atoms with Crippen molar-refractivity contribution in [2.45, 2.75) is 39.5 Å². The van der Waals surface area contributed by atoms with Crippen LogP contribution in [0.2, 0.25) is 0 Å². The van der Waals surface area contributed by atoms with E-state index in [0.29, 0.717) is 6.07 Å². The lowest BCUT2D eigenvalue weighted by Crippen LogP contribution is -2.36. The Hall–Kier alpha value is -2.68. The molecule has 0 aromatic heterocycles. The third kappa shape index (κ3) is 5.41. The van der Waals surface area contributed by atoms with Gasteiger partial charge < -0.3 is 8.92 Å². The largest absolute Gasteiger partial charge is 0.429 e. The van der Waals surface area contributed by atoms with Gasteiger partial charge in [-0.15, -0.1) is 0 Å². The maximum absolute atomic E-state index is 13.6. The van der Waals surface area contributed by atoms with Crippen molar-refractivity contribution in [1.82, 2.24) is 4.72 Å². The zero-order valence-corrected chi connectivity index (χ0v) is 16.6. The number of benzene rings is 2. The molecule has 0 unspecified atom stereocenters. The highest BCUT2D eigenvalue weighted by molar-refractivity contribution is 7.85. The maximum Gasteiger partial charge on any atom is 0.429 e. The molecule has 1 amide bonds. The average Bonchev–Trinajstić information content (AvgIpc) is 2.56. The molecule has 0 aliphatic heterocycles. The van der Waals surface area contributed by atoms with Crippen LogP contribution in [-0.4, -0.2) is 14.5 Å². The van der Waals surface area contributed by atoms with Crippen LogP contribution in [0, 0.1) is 11.6 Å². The van der Waals surface area contributed by atoms with Crippen LogP contribution in [0.15, 0.2) is 36.4 Å². The first-order chi connectivity index (χ1) is 13.0. The molecule has 0 fully saturated rings. The Balaban J connectivity index is 2.21. The number of nitrogens with one attached hydrogen (secondary N) is 1. The Kier molecular flexibility index (Phi) is 6.60. The zero-order valence-electron chi connectivity index (χ0n) is 15.8. The molecular formula is C19H21F2NO5S. The van der Waals surface area contributed by atoms with Crippen LogP contribution in [0.1, 0.15) is 50.7 Å². The minimum absolute atomic E-state index is 0.0164. The summed E-state index contributed by atoms with van der Waals surface area (Å²) in [5, 5.41) is 0. The lowest BCUT2D eigenvalue weighted by Gasteiger charge is -2.19. The van der Waals surface area contributed by atoms with E-state index in [1.807, 2.05) is 33.8 Å². The Morgan fingerprint density at radius 2 is 1.57 bits per heavy atom. The first kappa shape index (κ1) is 21.6. The van der Waals surface area contributed by atoms with Gasteiger partial charge in [-0.2, -0.15) is 13.1 Å². The second-order valence-corrected chi connectivity index (χ2v) is 7.96. The zero-order chi connectivity index (χ0) is 21.1. The van der Waals surface area contributed by atoms with E-state index in [4.69, 9.17) is 4.74 Å². The number of rotatable bonds is 6. The number of carbonyl (C=O) groups is 1. The van der Waals surface area contributed by atoms with Crippen molar-refractivity contribution < 1.29 is 30.9 Å². The van der Waals surface area contributed by atoms with Crippen molar-refractivity contribution in [3.8, 4) is 11.5 Å². The molecule has 0 saturated carbocycles. The lowest BCUT2D eigenvalue weighted by atomic mass is 9.94. The predicted molar refractivity (Wildman–Crippen MR) is 99.7 cm³/mol. The molecule has 0 bridgehead atoms. The molecule has 2 rings (SSSR count). The number of halogens is 2. The second kappa shape index (κ2) is 8.55. The van der Waals surface area contributed by atoms with Crippen molar-refractivity contribution in [1.29, 1.82) is 0 Å². The number of para-hydroxylation sites is 1. The van der Waals surface area contributed by atoms with Gasteiger partial charge in [-0.1, -0.05) is 45.9 Å². The van der Waals surface area contributed by atoms with Crippen LogP contribution in [-0.2, 0) is 10.3 Å². The first-order valence-electron chi connectivity index (χ1n) is 8.52. The molecule has 0 saturated heterocycles. The van der Waals surface area contributed by atoms with Crippen molar-refractivity contribution in [3.63, 3.8) is 0 Å². The SMILES string of the molecule is CC(C)c1cccc(C(C)C)c1OC(=O)NS(=O)(=O)Oc1ccc(F)cc1F. The van der Waals surface area contributed by atoms with E-state index in [1.54, 1.807) is 16.9 Å². The summed E-state index contributed by atoms with van der Waals surface area (Å²) < 4.78 is 61.7. The number of ether oxygens (including phenoxy) is 1. The Morgan fingerprint density at radius 3 is 2.07 bits per heavy atom. The van der Waals surface area contributed by atoms with Gasteiger partial charge in [-0.3, -0.25) is 0 Å². The van der Waals surface area contributed by atoms with E-state index in [-0.39, 0.29) is 17.6 Å². The van der Waals surface area contributed by atoms with Crippen LogP contribution in [0.5, 0.6) is 11.5 Å². The maximum atomic E-state index is 13.6. The fourth-order valence-corrected chi connectivity index (χ4v) is 3.16. The lowest BCUT2D eigenvalue weighted by molar-refractivity contribution is 0.204. The van der Waals surface area contributed by atoms with Gasteiger partial charge in [0.15, 0.2) is 11.6 Å². The van der Waals surface area contributed by atoms with Gasteiger partial charge >= 0.3 is 16.4 Å². The van der Waals surface area contributed by atoms with E-state index in [0.717, 1.165) is 23.3 Å². The molecule has 0 spiro atoms. The summed E-state index contributed by atoms with van der Waals surface area (Å²) in [6, 6.07) is 7.44. The highest BCUT2D eigenvalue weighted by atomic mass is 32.2. The molecule has 0 radical (unpaired) electrons. The Labute approximate surface area is 162 Å². The summed E-state index contributed by atoms with van der Waals surface area (Å²) in [5.74, 6) is -2.60. The molecule has 0 heterocycles. The van der Waals surface area contributed by atoms with E-state index < -0.39 is 33.8 Å². The van der Waals surface area contributed by atoms with Crippen LogP contribution in [0.3, 0.4) is 0 Å². The van der Waals surface area contributed by atoms with E-state index in [2.05, 4.69) is 4.18 Å². The molecular weight excluding hydrogens is 392 g/mol. The fraction of sp³-hybridized carbons (Fsp3) is 0.316. The van der Waals surface area contributed by atoms with Crippen molar-refractivity contribution in [2.75, 3.05) is 0 Å². The highest BCUT2D eigenvalue weighted by Crippen LogP contribution is 2.34. The van der Waals surface area contributed by atoms with Crippen molar-refractivity contribution in [2.24, 2.45) is 0 Å². The molecule has 0 aliphatic rings. The van der Waals surface area contributed by atoms with Crippen LogP contribution < -0.4 is 13.6 Å². The molecule has 9 heteroatoms. The van der Waals surface area contributed by atoms with Crippen LogP contribution >= 0.6 is 0 Å². The Bertz CT molecular complexity index is 948. The number of hydrogen-bond donors (Lipinski definition) is 1. The quantitative estimate of drug-likeness (QED) is 0.747. The third-order valence-corrected chi connectivity index (χ3v) is 4.63. The smallest absolute Gasteiger partial charge is 0.409 e. The molecule has 0 aliphatic carbocycles. The highest BCUT2D eigenvalue weighted by Gasteiger charge is 2.23. The molecule has 152 valence electrons. The van der Waals surface area contributed by atoms with Gasteiger partial charge in [-0.05, 0) is 35.1 Å². The summed E-state index contributed by atoms with van der Waals surface area (Å²) in [7, 11) is -4.74. The third-order valence-electron chi connectivity index (χ3n) is 3.82. The van der Waals surface area contributed by atoms with E-state index in [1.165, 1.54) is 0 Å². The normalized spacial score (nSPS) is 11.6. The van der Waals surface area contributed by atoms with Crippen molar-refractivity contribution >= 4 is 16.4 Å². The van der Waals surface area contributed by atoms with E-state index in [9.17, 15) is 22.0 Å². The minimum Gasteiger partial charge on any atom is -0.409 e. The first-order valence-corrected chi connectivity index (χ1v) is 9.93. The molecule has 28 heavy (non-hydrogen) atoms. The number of carbonyl (C=O) groups excluding carboxylic acids is 1. The summed E-state index contributed by atoms with van der Waals surface area (Å²) in [6.07, 6.45) is -1.31. The summed E-state index contributed by atoms with van der Waals surface area (Å²) in [4.78, 5) is 12.2. The van der Waals surface area contributed by atoms with Gasteiger partial charge in [0.05, 0.1) is 0 Å². The summed E-state index contributed by atoms with van der Waals surface area (Å²) in [5.41, 5.74) is 1.45. The molecule has 0 atom stereocenters. The average molecular weight is 413 g/mol. The van der Waals surface area contributed by atoms with Gasteiger partial charge in [0.1, 0.15) is 11.6 Å². The fourth-order valence-electron chi connectivity index (χ4n) is 2.50. The number of hydrogen-bond acceptors (Lipinski definition) is 5. The summed E-state index contributed by atoms with van der Waals surface area (Å²) >= 11 is 0. The molecule has 6 nitrogen and oxygen atoms in total. The predicted octanol–water partition coefficient (Wildman–Crippen LogP) is 4.62. The standard InChI is InChI=1S/C19H21F2NO5S/c1-11(2)14-6-5-7-15(12(3)4)18(14)26-19(23)22-28(24,25)27-17-9-8-13(20)10-16(17)21/h5-12H,1-4H3,(H,22,23). The monoisotopic (exact) mass is 413 g/mol. The molecule has 2 aromatic rings. The van der Waals surface area contributed by atoms with Gasteiger partial charge in [0.25, 0.3) is 0 Å². The van der Waals surface area contributed by atoms with Crippen LogP contribution in [0.4, 0.5) is 13.6 Å². The van der Waals surface area contributed by atoms with Gasteiger partial charge in [-0.25, -0.2) is 13.6 Å². The second-order valence-electron chi connectivity index (χ2n) is 6.68. The topological polar surface area (TPSA) is 81.7 Å². The number of amides is 1. The van der Waals surface area contributed by atoms with E-state index >= 15 is 0 Å². The molecule has 2 aromatic carbocycles. The van der Waals surface area contributed by atoms with Crippen molar-refractivity contribution in [3.05, 3.63) is 59.2 Å². The van der Waals surface area contributed by atoms with Gasteiger partial charge in [0, 0.05) is 6.07 Å². The minimum atomic E-state index is -4.74.